The van der Waals surface area contributed by atoms with Gasteiger partial charge in [-0.2, -0.15) is 0 Å². The summed E-state index contributed by atoms with van der Waals surface area (Å²) < 4.78 is 13.8. The van der Waals surface area contributed by atoms with Gasteiger partial charge in [0.2, 0.25) is 0 Å². The summed E-state index contributed by atoms with van der Waals surface area (Å²) in [7, 11) is 0. The van der Waals surface area contributed by atoms with Crippen LogP contribution in [0.2, 0.25) is 0 Å². The van der Waals surface area contributed by atoms with Crippen LogP contribution in [-0.2, 0) is 11.3 Å². The van der Waals surface area contributed by atoms with Crippen molar-refractivity contribution >= 4 is 44.6 Å². The summed E-state index contributed by atoms with van der Waals surface area (Å²) in [5, 5.41) is 0.886. The van der Waals surface area contributed by atoms with Crippen LogP contribution in [-0.4, -0.2) is 16.7 Å². The number of thiazole rings is 1. The zero-order valence-corrected chi connectivity index (χ0v) is 12.7. The normalized spacial score (nSPS) is 14.1. The van der Waals surface area contributed by atoms with Crippen LogP contribution in [0, 0.1) is 12.7 Å². The molecule has 0 atom stereocenters. The van der Waals surface area contributed by atoms with Gasteiger partial charge in [-0.25, -0.2) is 9.37 Å². The second kappa shape index (κ2) is 4.75. The first-order valence-corrected chi connectivity index (χ1v) is 7.35. The number of hydrogen-bond acceptors (Lipinski definition) is 4. The summed E-state index contributed by atoms with van der Waals surface area (Å²) in [6, 6.07) is 2.34. The summed E-state index contributed by atoms with van der Waals surface area (Å²) in [6.45, 7) is 2.12. The zero-order valence-electron chi connectivity index (χ0n) is 10.3. The van der Waals surface area contributed by atoms with E-state index >= 15 is 0 Å². The highest BCUT2D eigenvalue weighted by Gasteiger charge is 2.38. The molecular formula is C13H8BrFN2O2S. The Balaban J connectivity index is 2.06. The van der Waals surface area contributed by atoms with Crippen LogP contribution in [0.1, 0.15) is 20.2 Å². The molecule has 102 valence electrons. The summed E-state index contributed by atoms with van der Waals surface area (Å²) >= 11 is 4.67. The molecule has 2 aromatic rings. The molecule has 4 nitrogen and oxygen atoms in total. The SMILES string of the molecule is Cc1ncc(CN2C(=O)C(=O)c3cc(F)cc(Br)c32)s1. The molecule has 0 saturated carbocycles. The van der Waals surface area contributed by atoms with Gasteiger partial charge in [-0.1, -0.05) is 0 Å². The molecule has 0 unspecified atom stereocenters. The maximum atomic E-state index is 13.4. The smallest absolute Gasteiger partial charge is 0.298 e. The van der Waals surface area contributed by atoms with Crippen molar-refractivity contribution in [2.75, 3.05) is 4.90 Å². The quantitative estimate of drug-likeness (QED) is 0.778. The number of fused-ring (bicyclic) bond motifs is 1. The first-order chi connectivity index (χ1) is 9.47. The Kier molecular flexibility index (Phi) is 3.18. The van der Waals surface area contributed by atoms with Crippen molar-refractivity contribution < 1.29 is 14.0 Å². The molecule has 0 radical (unpaired) electrons. The van der Waals surface area contributed by atoms with Crippen LogP contribution in [0.3, 0.4) is 0 Å². The number of amides is 1. The predicted octanol–water partition coefficient (Wildman–Crippen LogP) is 3.08. The van der Waals surface area contributed by atoms with Gasteiger partial charge in [0.05, 0.1) is 22.8 Å². The molecule has 0 N–H and O–H groups in total. The van der Waals surface area contributed by atoms with Crippen LogP contribution in [0.5, 0.6) is 0 Å². The van der Waals surface area contributed by atoms with Gasteiger partial charge in [0.25, 0.3) is 11.7 Å². The number of carbonyl (C=O) groups is 2. The lowest BCUT2D eigenvalue weighted by Gasteiger charge is -2.16. The zero-order chi connectivity index (χ0) is 14.4. The number of aryl methyl sites for hydroxylation is 1. The Labute approximate surface area is 126 Å². The number of rotatable bonds is 2. The Bertz CT molecular complexity index is 744. The fraction of sp³-hybridized carbons (Fsp3) is 0.154. The number of benzene rings is 1. The third-order valence-corrected chi connectivity index (χ3v) is 4.47. The third kappa shape index (κ3) is 2.06. The van der Waals surface area contributed by atoms with Gasteiger partial charge < -0.3 is 0 Å². The van der Waals surface area contributed by atoms with Crippen molar-refractivity contribution in [3.63, 3.8) is 0 Å². The second-order valence-electron chi connectivity index (χ2n) is 4.35. The molecule has 0 fully saturated rings. The molecule has 7 heteroatoms. The minimum absolute atomic E-state index is 0.100. The monoisotopic (exact) mass is 354 g/mol. The Hall–Kier alpha value is -1.60. The molecule has 1 aliphatic rings. The minimum atomic E-state index is -0.679. The van der Waals surface area contributed by atoms with E-state index in [9.17, 15) is 14.0 Å². The van der Waals surface area contributed by atoms with Gasteiger partial charge in [0.1, 0.15) is 5.82 Å². The van der Waals surface area contributed by atoms with E-state index in [2.05, 4.69) is 20.9 Å². The van der Waals surface area contributed by atoms with E-state index in [0.29, 0.717) is 10.2 Å². The first-order valence-electron chi connectivity index (χ1n) is 5.74. The lowest BCUT2D eigenvalue weighted by atomic mass is 10.1. The van der Waals surface area contributed by atoms with Crippen molar-refractivity contribution in [1.82, 2.24) is 4.98 Å². The minimum Gasteiger partial charge on any atom is -0.298 e. The summed E-state index contributed by atoms with van der Waals surface area (Å²) in [5.41, 5.74) is 0.524. The number of Topliss-reactive ketones (excluding diaryl/α,β-unsaturated/α-hetero) is 1. The van der Waals surface area contributed by atoms with Crippen molar-refractivity contribution in [3.8, 4) is 0 Å². The van der Waals surface area contributed by atoms with Crippen LogP contribution < -0.4 is 4.90 Å². The molecule has 0 aliphatic carbocycles. The lowest BCUT2D eigenvalue weighted by molar-refractivity contribution is -0.114. The molecule has 1 aromatic carbocycles. The summed E-state index contributed by atoms with van der Waals surface area (Å²) in [4.78, 5) is 30.3. The van der Waals surface area contributed by atoms with Gasteiger partial charge in [0, 0.05) is 15.5 Å². The topological polar surface area (TPSA) is 50.3 Å². The first kappa shape index (κ1) is 13.4. The fourth-order valence-corrected chi connectivity index (χ4v) is 3.57. The Morgan fingerprint density at radius 3 is 2.80 bits per heavy atom. The maximum absolute atomic E-state index is 13.4. The highest BCUT2D eigenvalue weighted by Crippen LogP contribution is 2.38. The molecule has 0 spiro atoms. The van der Waals surface area contributed by atoms with E-state index in [1.807, 2.05) is 6.92 Å². The average Bonchev–Trinajstić information content (AvgIpc) is 2.88. The molecule has 20 heavy (non-hydrogen) atoms. The lowest BCUT2D eigenvalue weighted by Crippen LogP contribution is -2.28. The molecule has 1 aliphatic heterocycles. The fourth-order valence-electron chi connectivity index (χ4n) is 2.14. The van der Waals surface area contributed by atoms with Gasteiger partial charge in [0.15, 0.2) is 0 Å². The van der Waals surface area contributed by atoms with E-state index < -0.39 is 17.5 Å². The second-order valence-corrected chi connectivity index (χ2v) is 6.52. The predicted molar refractivity (Wildman–Crippen MR) is 76.5 cm³/mol. The summed E-state index contributed by atoms with van der Waals surface area (Å²) in [5.74, 6) is -1.87. The van der Waals surface area contributed by atoms with Crippen molar-refractivity contribution in [2.45, 2.75) is 13.5 Å². The van der Waals surface area contributed by atoms with Crippen LogP contribution in [0.15, 0.2) is 22.8 Å². The number of hydrogen-bond donors (Lipinski definition) is 0. The van der Waals surface area contributed by atoms with Gasteiger partial charge >= 0.3 is 0 Å². The maximum Gasteiger partial charge on any atom is 0.299 e. The molecular weight excluding hydrogens is 347 g/mol. The van der Waals surface area contributed by atoms with Crippen molar-refractivity contribution in [2.24, 2.45) is 0 Å². The molecule has 1 aromatic heterocycles. The highest BCUT2D eigenvalue weighted by atomic mass is 79.9. The van der Waals surface area contributed by atoms with Crippen molar-refractivity contribution in [3.05, 3.63) is 44.1 Å². The number of carbonyl (C=O) groups excluding carboxylic acids is 2. The van der Waals surface area contributed by atoms with E-state index in [0.717, 1.165) is 16.0 Å². The van der Waals surface area contributed by atoms with Crippen LogP contribution in [0.25, 0.3) is 0 Å². The van der Waals surface area contributed by atoms with E-state index in [1.54, 1.807) is 6.20 Å². The number of nitrogens with zero attached hydrogens (tertiary/aromatic N) is 2. The number of ketones is 1. The Morgan fingerprint density at radius 2 is 2.15 bits per heavy atom. The van der Waals surface area contributed by atoms with Gasteiger partial charge in [-0.15, -0.1) is 11.3 Å². The van der Waals surface area contributed by atoms with Gasteiger partial charge in [-0.05, 0) is 35.0 Å². The third-order valence-electron chi connectivity index (χ3n) is 2.97. The molecule has 2 heterocycles. The van der Waals surface area contributed by atoms with Crippen LogP contribution >= 0.6 is 27.3 Å². The number of anilines is 1. The largest absolute Gasteiger partial charge is 0.299 e. The molecule has 3 rings (SSSR count). The Morgan fingerprint density at radius 1 is 1.40 bits per heavy atom. The van der Waals surface area contributed by atoms with E-state index in [4.69, 9.17) is 0 Å². The molecule has 0 saturated heterocycles. The number of halogens is 2. The van der Waals surface area contributed by atoms with Crippen molar-refractivity contribution in [1.29, 1.82) is 0 Å². The van der Waals surface area contributed by atoms with E-state index in [1.165, 1.54) is 22.3 Å². The van der Waals surface area contributed by atoms with Gasteiger partial charge in [-0.3, -0.25) is 14.5 Å². The average molecular weight is 355 g/mol. The standard InChI is InChI=1S/C13H8BrFN2O2S/c1-6-16-4-8(20-6)5-17-11-9(12(18)13(17)19)2-7(15)3-10(11)14/h2-4H,5H2,1H3. The molecule has 1 amide bonds. The summed E-state index contributed by atoms with van der Waals surface area (Å²) in [6.07, 6.45) is 1.67. The van der Waals surface area contributed by atoms with E-state index in [-0.39, 0.29) is 12.1 Å². The number of aromatic nitrogens is 1. The molecule has 0 bridgehead atoms. The van der Waals surface area contributed by atoms with Crippen LogP contribution in [0.4, 0.5) is 10.1 Å². The highest BCUT2D eigenvalue weighted by molar-refractivity contribution is 9.10.